The maximum Gasteiger partial charge on any atom is 0.242 e. The van der Waals surface area contributed by atoms with Crippen LogP contribution >= 0.6 is 0 Å². The first-order valence-corrected chi connectivity index (χ1v) is 10.9. The van der Waals surface area contributed by atoms with E-state index in [0.717, 1.165) is 31.4 Å². The Morgan fingerprint density at radius 3 is 2.43 bits per heavy atom. The number of hydrogen-bond acceptors (Lipinski definition) is 4. The lowest BCUT2D eigenvalue weighted by Crippen LogP contribution is -2.51. The van der Waals surface area contributed by atoms with Gasteiger partial charge in [0.15, 0.2) is 0 Å². The lowest BCUT2D eigenvalue weighted by Gasteiger charge is -2.24. The van der Waals surface area contributed by atoms with E-state index in [4.69, 9.17) is 4.74 Å². The van der Waals surface area contributed by atoms with Crippen LogP contribution in [0.4, 0.5) is 5.69 Å². The zero-order chi connectivity index (χ0) is 21.7. The second-order valence-electron chi connectivity index (χ2n) is 8.78. The monoisotopic (exact) mass is 415 g/mol. The van der Waals surface area contributed by atoms with E-state index in [2.05, 4.69) is 10.6 Å². The number of carbonyl (C=O) groups excluding carboxylic acids is 3. The highest BCUT2D eigenvalue weighted by Gasteiger charge is 2.37. The third kappa shape index (κ3) is 5.52. The van der Waals surface area contributed by atoms with Crippen LogP contribution in [0.25, 0.3) is 0 Å². The van der Waals surface area contributed by atoms with Crippen molar-refractivity contribution < 1.29 is 19.1 Å². The Balaban J connectivity index is 1.61. The second-order valence-corrected chi connectivity index (χ2v) is 8.78. The van der Waals surface area contributed by atoms with Crippen LogP contribution in [-0.4, -0.2) is 43.5 Å². The minimum Gasteiger partial charge on any atom is -0.497 e. The van der Waals surface area contributed by atoms with E-state index >= 15 is 0 Å². The molecule has 0 aromatic heterocycles. The van der Waals surface area contributed by atoms with Gasteiger partial charge in [-0.1, -0.05) is 26.7 Å². The van der Waals surface area contributed by atoms with Crippen LogP contribution < -0.4 is 20.3 Å². The first-order valence-electron chi connectivity index (χ1n) is 10.9. The highest BCUT2D eigenvalue weighted by Crippen LogP contribution is 2.27. The second kappa shape index (κ2) is 9.96. The molecule has 3 rings (SSSR count). The maximum absolute atomic E-state index is 12.9. The van der Waals surface area contributed by atoms with Crippen molar-refractivity contribution in [2.75, 3.05) is 18.6 Å². The normalized spacial score (nSPS) is 20.5. The van der Waals surface area contributed by atoms with E-state index in [1.165, 1.54) is 0 Å². The molecule has 2 aliphatic rings. The minimum absolute atomic E-state index is 0.0869. The van der Waals surface area contributed by atoms with Gasteiger partial charge in [0.1, 0.15) is 11.8 Å². The smallest absolute Gasteiger partial charge is 0.242 e. The summed E-state index contributed by atoms with van der Waals surface area (Å²) in [6.45, 7) is 4.38. The molecule has 0 bridgehead atoms. The van der Waals surface area contributed by atoms with Gasteiger partial charge in [-0.3, -0.25) is 14.4 Å². The van der Waals surface area contributed by atoms with E-state index < -0.39 is 12.0 Å². The van der Waals surface area contributed by atoms with Crippen molar-refractivity contribution in [1.29, 1.82) is 0 Å². The molecule has 1 aliphatic heterocycles. The van der Waals surface area contributed by atoms with Crippen LogP contribution in [0.3, 0.4) is 0 Å². The third-order valence-corrected chi connectivity index (χ3v) is 5.92. The van der Waals surface area contributed by atoms with Gasteiger partial charge in [0.05, 0.1) is 13.0 Å². The van der Waals surface area contributed by atoms with Crippen LogP contribution in [0.15, 0.2) is 24.3 Å². The third-order valence-electron chi connectivity index (χ3n) is 5.92. The molecule has 1 heterocycles. The van der Waals surface area contributed by atoms with Gasteiger partial charge in [-0.05, 0) is 49.4 Å². The van der Waals surface area contributed by atoms with E-state index in [1.807, 2.05) is 26.0 Å². The molecule has 1 aliphatic carbocycles. The van der Waals surface area contributed by atoms with E-state index in [-0.39, 0.29) is 36.1 Å². The molecule has 7 heteroatoms. The van der Waals surface area contributed by atoms with Gasteiger partial charge >= 0.3 is 0 Å². The number of benzene rings is 1. The van der Waals surface area contributed by atoms with Crippen molar-refractivity contribution in [1.82, 2.24) is 10.6 Å². The number of nitrogens with zero attached hydrogens (tertiary/aromatic N) is 1. The fourth-order valence-electron chi connectivity index (χ4n) is 4.26. The lowest BCUT2D eigenvalue weighted by molar-refractivity contribution is -0.132. The molecule has 0 spiro atoms. The fraction of sp³-hybridized carbons (Fsp3) is 0.609. The molecular weight excluding hydrogens is 382 g/mol. The minimum atomic E-state index is -0.566. The Morgan fingerprint density at radius 2 is 1.83 bits per heavy atom. The quantitative estimate of drug-likeness (QED) is 0.683. The van der Waals surface area contributed by atoms with Crippen molar-refractivity contribution in [2.45, 2.75) is 64.5 Å². The predicted molar refractivity (Wildman–Crippen MR) is 115 cm³/mol. The predicted octanol–water partition coefficient (Wildman–Crippen LogP) is 2.64. The molecule has 1 saturated carbocycles. The molecular formula is C23H33N3O4. The number of methoxy groups -OCH3 is 1. The average molecular weight is 416 g/mol. The Kier molecular flexibility index (Phi) is 7.34. The van der Waals surface area contributed by atoms with Crippen LogP contribution in [-0.2, 0) is 14.4 Å². The molecule has 1 saturated heterocycles. The summed E-state index contributed by atoms with van der Waals surface area (Å²) in [4.78, 5) is 39.8. The number of nitrogens with one attached hydrogen (secondary N) is 2. The Labute approximate surface area is 178 Å². The van der Waals surface area contributed by atoms with Gasteiger partial charge in [-0.2, -0.15) is 0 Å². The van der Waals surface area contributed by atoms with Gasteiger partial charge in [0.25, 0.3) is 0 Å². The summed E-state index contributed by atoms with van der Waals surface area (Å²) in [6.07, 6.45) is 5.00. The van der Waals surface area contributed by atoms with E-state index in [0.29, 0.717) is 18.7 Å². The summed E-state index contributed by atoms with van der Waals surface area (Å²) in [5.74, 6) is 0.0895. The van der Waals surface area contributed by atoms with Gasteiger partial charge in [-0.15, -0.1) is 0 Å². The largest absolute Gasteiger partial charge is 0.497 e. The van der Waals surface area contributed by atoms with Crippen LogP contribution in [0.2, 0.25) is 0 Å². The number of hydrogen-bond donors (Lipinski definition) is 2. The number of rotatable bonds is 8. The Bertz CT molecular complexity index is 756. The Hall–Kier alpha value is -2.57. The molecule has 2 atom stereocenters. The zero-order valence-electron chi connectivity index (χ0n) is 18.1. The van der Waals surface area contributed by atoms with Crippen molar-refractivity contribution in [3.05, 3.63) is 24.3 Å². The van der Waals surface area contributed by atoms with Crippen LogP contribution in [0, 0.1) is 11.8 Å². The van der Waals surface area contributed by atoms with Crippen LogP contribution in [0.5, 0.6) is 5.75 Å². The fourth-order valence-corrected chi connectivity index (χ4v) is 4.26. The summed E-state index contributed by atoms with van der Waals surface area (Å²) < 4.78 is 5.16. The summed E-state index contributed by atoms with van der Waals surface area (Å²) in [6, 6.07) is 6.86. The van der Waals surface area contributed by atoms with Gasteiger partial charge in [0, 0.05) is 24.7 Å². The first-order chi connectivity index (χ1) is 14.4. The summed E-state index contributed by atoms with van der Waals surface area (Å²) in [7, 11) is 1.59. The van der Waals surface area contributed by atoms with Gasteiger partial charge < -0.3 is 20.3 Å². The number of ether oxygens (including phenoxy) is 1. The van der Waals surface area contributed by atoms with Crippen molar-refractivity contribution in [2.24, 2.45) is 11.8 Å². The van der Waals surface area contributed by atoms with Crippen molar-refractivity contribution in [3.63, 3.8) is 0 Å². The van der Waals surface area contributed by atoms with E-state index in [9.17, 15) is 14.4 Å². The number of amides is 3. The topological polar surface area (TPSA) is 87.7 Å². The molecule has 30 heavy (non-hydrogen) atoms. The summed E-state index contributed by atoms with van der Waals surface area (Å²) in [5.41, 5.74) is 0.744. The highest BCUT2D eigenvalue weighted by molar-refractivity contribution is 6.01. The molecule has 1 aromatic carbocycles. The number of anilines is 1. The zero-order valence-corrected chi connectivity index (χ0v) is 18.1. The lowest BCUT2D eigenvalue weighted by atomic mass is 10.0. The highest BCUT2D eigenvalue weighted by atomic mass is 16.5. The van der Waals surface area contributed by atoms with Crippen molar-refractivity contribution >= 4 is 23.4 Å². The van der Waals surface area contributed by atoms with Crippen molar-refractivity contribution in [3.8, 4) is 5.75 Å². The van der Waals surface area contributed by atoms with Gasteiger partial charge in [0.2, 0.25) is 17.7 Å². The molecule has 3 amide bonds. The summed E-state index contributed by atoms with van der Waals surface area (Å²) >= 11 is 0. The molecule has 2 N–H and O–H groups in total. The SMILES string of the molecule is COc1ccc(N2CC(C(=O)N[C@@H](CC(C)C)C(=O)NC3CCCC3)CC2=O)cc1. The van der Waals surface area contributed by atoms with Gasteiger partial charge in [-0.25, -0.2) is 0 Å². The molecule has 1 unspecified atom stereocenters. The molecule has 0 radical (unpaired) electrons. The molecule has 164 valence electrons. The standard InChI is InChI=1S/C23H33N3O4/c1-15(2)12-20(23(29)24-17-6-4-5-7-17)25-22(28)16-13-21(27)26(14-16)18-8-10-19(30-3)11-9-18/h8-11,15-17,20H,4-7,12-14H2,1-3H3,(H,24,29)(H,25,28)/t16?,20-/m0/s1. The molecule has 1 aromatic rings. The Morgan fingerprint density at radius 1 is 1.17 bits per heavy atom. The first kappa shape index (κ1) is 22.1. The summed E-state index contributed by atoms with van der Waals surface area (Å²) in [5, 5.41) is 6.02. The van der Waals surface area contributed by atoms with Crippen LogP contribution in [0.1, 0.15) is 52.4 Å². The number of carbonyl (C=O) groups is 3. The maximum atomic E-state index is 12.9. The van der Waals surface area contributed by atoms with E-state index in [1.54, 1.807) is 24.1 Å². The average Bonchev–Trinajstić information content (AvgIpc) is 3.36. The molecule has 7 nitrogen and oxygen atoms in total. The molecule has 2 fully saturated rings.